The van der Waals surface area contributed by atoms with E-state index in [1.807, 2.05) is 0 Å². The Morgan fingerprint density at radius 3 is 2.53 bits per heavy atom. The van der Waals surface area contributed by atoms with Gasteiger partial charge in [-0.05, 0) is 30.7 Å². The van der Waals surface area contributed by atoms with Crippen LogP contribution >= 0.6 is 0 Å². The van der Waals surface area contributed by atoms with E-state index in [0.717, 1.165) is 11.1 Å². The van der Waals surface area contributed by atoms with Gasteiger partial charge in [0.15, 0.2) is 5.69 Å². The molecule has 152 valence electrons. The average molecular weight is 406 g/mol. The number of aromatic carboxylic acids is 1. The van der Waals surface area contributed by atoms with Gasteiger partial charge in [-0.15, -0.1) is 0 Å². The second-order valence-electron chi connectivity index (χ2n) is 6.91. The lowest BCUT2D eigenvalue weighted by Gasteiger charge is -2.17. The molecule has 0 atom stereocenters. The van der Waals surface area contributed by atoms with Gasteiger partial charge < -0.3 is 15.3 Å². The summed E-state index contributed by atoms with van der Waals surface area (Å²) in [5.74, 6) is -1.80. The molecule has 3 aromatic rings. The van der Waals surface area contributed by atoms with Crippen LogP contribution < -0.4 is 15.8 Å². The first-order valence-corrected chi connectivity index (χ1v) is 9.37. The third-order valence-corrected chi connectivity index (χ3v) is 4.88. The van der Waals surface area contributed by atoms with Gasteiger partial charge in [0.25, 0.3) is 5.56 Å². The molecule has 1 fully saturated rings. The number of nitrogens with one attached hydrogen (secondary N) is 1. The van der Waals surface area contributed by atoms with Gasteiger partial charge in [0, 0.05) is 29.7 Å². The molecule has 0 aliphatic carbocycles. The van der Waals surface area contributed by atoms with Crippen LogP contribution in [0.5, 0.6) is 0 Å². The van der Waals surface area contributed by atoms with E-state index in [-0.39, 0.29) is 22.4 Å². The summed E-state index contributed by atoms with van der Waals surface area (Å²) in [6.07, 6.45) is 1.29. The van der Waals surface area contributed by atoms with Gasteiger partial charge >= 0.3 is 5.97 Å². The normalized spacial score (nSPS) is 13.6. The smallest absolute Gasteiger partial charge is 0.357 e. The third-order valence-electron chi connectivity index (χ3n) is 4.88. The van der Waals surface area contributed by atoms with E-state index >= 15 is 0 Å². The van der Waals surface area contributed by atoms with Crippen LogP contribution in [0.3, 0.4) is 0 Å². The van der Waals surface area contributed by atoms with Crippen LogP contribution in [-0.4, -0.2) is 39.2 Å². The maximum Gasteiger partial charge on any atom is 0.357 e. The first-order chi connectivity index (χ1) is 14.4. The van der Waals surface area contributed by atoms with Crippen LogP contribution in [0.15, 0.2) is 53.3 Å². The zero-order valence-corrected chi connectivity index (χ0v) is 15.9. The molecule has 0 radical (unpaired) electrons. The summed E-state index contributed by atoms with van der Waals surface area (Å²) in [4.78, 5) is 50.3. The molecular formula is C21H18N4O5. The standard InChI is InChI=1S/C21H18N4O5/c26-17(22-13-5-3-6-14(11-13)24-10-4-9-18(24)27)12-25-20(28)16-8-2-1-7-15(16)19(23-25)21(29)30/h1-3,5-8,11H,4,9-10,12H2,(H,22,26)(H,29,30). The van der Waals surface area contributed by atoms with Gasteiger partial charge in [-0.1, -0.05) is 24.3 Å². The number of benzene rings is 2. The van der Waals surface area contributed by atoms with E-state index in [2.05, 4.69) is 10.4 Å². The molecular weight excluding hydrogens is 388 g/mol. The lowest BCUT2D eigenvalue weighted by atomic mass is 10.1. The third kappa shape index (κ3) is 3.64. The summed E-state index contributed by atoms with van der Waals surface area (Å²) in [6.45, 7) is 0.182. The largest absolute Gasteiger partial charge is 0.476 e. The lowest BCUT2D eigenvalue weighted by Crippen LogP contribution is -2.31. The van der Waals surface area contributed by atoms with Crippen LogP contribution in [0.25, 0.3) is 10.8 Å². The number of carboxylic acid groups (broad SMARTS) is 1. The number of fused-ring (bicyclic) bond motifs is 1. The van der Waals surface area contributed by atoms with E-state index in [0.29, 0.717) is 24.3 Å². The van der Waals surface area contributed by atoms with Crippen molar-refractivity contribution < 1.29 is 19.5 Å². The fourth-order valence-corrected chi connectivity index (χ4v) is 3.51. The Labute approximate surface area is 170 Å². The molecule has 2 heterocycles. The zero-order valence-electron chi connectivity index (χ0n) is 15.9. The molecule has 2 amide bonds. The summed E-state index contributed by atoms with van der Waals surface area (Å²) >= 11 is 0. The summed E-state index contributed by atoms with van der Waals surface area (Å²) in [6, 6.07) is 13.1. The topological polar surface area (TPSA) is 122 Å². The molecule has 1 aromatic heterocycles. The fourth-order valence-electron chi connectivity index (χ4n) is 3.51. The van der Waals surface area contributed by atoms with Gasteiger partial charge in [-0.3, -0.25) is 14.4 Å². The van der Waals surface area contributed by atoms with Crippen molar-refractivity contribution in [3.63, 3.8) is 0 Å². The second kappa shape index (κ2) is 7.78. The van der Waals surface area contributed by atoms with E-state index in [9.17, 15) is 24.3 Å². The predicted octanol–water partition coefficient (Wildman–Crippen LogP) is 1.86. The molecule has 9 heteroatoms. The summed E-state index contributed by atoms with van der Waals surface area (Å²) in [5, 5.41) is 16.3. The summed E-state index contributed by atoms with van der Waals surface area (Å²) in [5.41, 5.74) is 0.295. The summed E-state index contributed by atoms with van der Waals surface area (Å²) in [7, 11) is 0. The van der Waals surface area contributed by atoms with Crippen molar-refractivity contribution in [2.45, 2.75) is 19.4 Å². The minimum Gasteiger partial charge on any atom is -0.476 e. The van der Waals surface area contributed by atoms with Crippen molar-refractivity contribution >= 4 is 39.9 Å². The Bertz CT molecular complexity index is 1230. The van der Waals surface area contributed by atoms with Crippen molar-refractivity contribution in [3.05, 3.63) is 64.6 Å². The van der Waals surface area contributed by atoms with Crippen LogP contribution in [0, 0.1) is 0 Å². The van der Waals surface area contributed by atoms with Crippen molar-refractivity contribution in [2.24, 2.45) is 0 Å². The number of aromatic nitrogens is 2. The van der Waals surface area contributed by atoms with Crippen LogP contribution in [0.4, 0.5) is 11.4 Å². The van der Waals surface area contributed by atoms with Gasteiger partial charge in [0.1, 0.15) is 6.54 Å². The van der Waals surface area contributed by atoms with Crippen LogP contribution in [0.2, 0.25) is 0 Å². The Kier molecular flexibility index (Phi) is 5.01. The highest BCUT2D eigenvalue weighted by molar-refractivity contribution is 6.01. The highest BCUT2D eigenvalue weighted by atomic mass is 16.4. The quantitative estimate of drug-likeness (QED) is 0.667. The van der Waals surface area contributed by atoms with Crippen LogP contribution in [0.1, 0.15) is 23.3 Å². The second-order valence-corrected chi connectivity index (χ2v) is 6.91. The Morgan fingerprint density at radius 2 is 1.83 bits per heavy atom. The Hall–Kier alpha value is -4.01. The molecule has 4 rings (SSSR count). The number of hydrogen-bond acceptors (Lipinski definition) is 5. The molecule has 1 saturated heterocycles. The SMILES string of the molecule is O=C(Cn1nc(C(=O)O)c2ccccc2c1=O)Nc1cccc(N2CCCC2=O)c1. The molecule has 30 heavy (non-hydrogen) atoms. The highest BCUT2D eigenvalue weighted by Gasteiger charge is 2.22. The number of amides is 2. The molecule has 1 aliphatic rings. The van der Waals surface area contributed by atoms with E-state index in [1.54, 1.807) is 41.3 Å². The van der Waals surface area contributed by atoms with Crippen molar-refractivity contribution in [1.82, 2.24) is 9.78 Å². The first-order valence-electron chi connectivity index (χ1n) is 9.37. The minimum atomic E-state index is -1.29. The van der Waals surface area contributed by atoms with Gasteiger partial charge in [-0.25, -0.2) is 9.48 Å². The van der Waals surface area contributed by atoms with Crippen molar-refractivity contribution in [1.29, 1.82) is 0 Å². The molecule has 2 N–H and O–H groups in total. The molecule has 0 spiro atoms. The number of carboxylic acids is 1. The molecule has 1 aliphatic heterocycles. The molecule has 0 unspecified atom stereocenters. The maximum atomic E-state index is 12.6. The predicted molar refractivity (Wildman–Crippen MR) is 110 cm³/mol. The maximum absolute atomic E-state index is 12.6. The number of carbonyl (C=O) groups is 3. The van der Waals surface area contributed by atoms with Gasteiger partial charge in [0.2, 0.25) is 11.8 Å². The molecule has 9 nitrogen and oxygen atoms in total. The molecule has 2 aromatic carbocycles. The number of anilines is 2. The molecule has 0 bridgehead atoms. The number of carbonyl (C=O) groups excluding carboxylic acids is 2. The average Bonchev–Trinajstić information content (AvgIpc) is 3.16. The monoisotopic (exact) mass is 406 g/mol. The van der Waals surface area contributed by atoms with Gasteiger partial charge in [0.05, 0.1) is 5.39 Å². The Morgan fingerprint density at radius 1 is 1.07 bits per heavy atom. The van der Waals surface area contributed by atoms with E-state index in [1.165, 1.54) is 12.1 Å². The Balaban J connectivity index is 1.58. The number of rotatable bonds is 5. The van der Waals surface area contributed by atoms with E-state index < -0.39 is 24.0 Å². The zero-order chi connectivity index (χ0) is 21.3. The minimum absolute atomic E-state index is 0.0339. The fraction of sp³-hybridized carbons (Fsp3) is 0.190. The van der Waals surface area contributed by atoms with Crippen LogP contribution in [-0.2, 0) is 16.1 Å². The number of hydrogen-bond donors (Lipinski definition) is 2. The highest BCUT2D eigenvalue weighted by Crippen LogP contribution is 2.24. The first kappa shape index (κ1) is 19.3. The van der Waals surface area contributed by atoms with E-state index in [4.69, 9.17) is 0 Å². The molecule has 0 saturated carbocycles. The lowest BCUT2D eigenvalue weighted by molar-refractivity contribution is -0.117. The summed E-state index contributed by atoms with van der Waals surface area (Å²) < 4.78 is 0.842. The number of nitrogens with zero attached hydrogens (tertiary/aromatic N) is 3. The van der Waals surface area contributed by atoms with Gasteiger partial charge in [-0.2, -0.15) is 5.10 Å². The van der Waals surface area contributed by atoms with Crippen molar-refractivity contribution in [2.75, 3.05) is 16.8 Å². The van der Waals surface area contributed by atoms with Crippen molar-refractivity contribution in [3.8, 4) is 0 Å².